The number of likely N-dealkylation sites (tertiary alicyclic amines) is 1. The number of rotatable bonds is 7. The van der Waals surface area contributed by atoms with E-state index in [1.54, 1.807) is 0 Å². The molecule has 2 N–H and O–H groups in total. The molecule has 0 spiro atoms. The van der Waals surface area contributed by atoms with Crippen molar-refractivity contribution in [1.82, 2.24) is 25.3 Å². The smallest absolute Gasteiger partial charge is 0.251 e. The van der Waals surface area contributed by atoms with E-state index in [9.17, 15) is 4.79 Å². The fourth-order valence-electron chi connectivity index (χ4n) is 7.09. The average Bonchev–Trinajstić information content (AvgIpc) is 3.41. The number of nitrogens with one attached hydrogen (secondary N) is 2. The highest BCUT2D eigenvalue weighted by atomic mass is 16.5. The van der Waals surface area contributed by atoms with Gasteiger partial charge in [-0.3, -0.25) is 14.8 Å². The summed E-state index contributed by atoms with van der Waals surface area (Å²) >= 11 is 0. The molecule has 1 aliphatic carbocycles. The van der Waals surface area contributed by atoms with E-state index < -0.39 is 0 Å². The van der Waals surface area contributed by atoms with Crippen LogP contribution in [0.1, 0.15) is 69.2 Å². The third kappa shape index (κ3) is 6.30. The Balaban J connectivity index is 1.15. The minimum Gasteiger partial charge on any atom is -0.490 e. The molecular weight excluding hydrogens is 514 g/mol. The summed E-state index contributed by atoms with van der Waals surface area (Å²) in [5, 5.41) is 12.0. The average molecular weight is 560 g/mol. The zero-order chi connectivity index (χ0) is 28.4. The van der Waals surface area contributed by atoms with E-state index in [1.807, 2.05) is 30.3 Å². The van der Waals surface area contributed by atoms with Crippen LogP contribution >= 0.6 is 0 Å². The van der Waals surface area contributed by atoms with Crippen molar-refractivity contribution in [2.75, 3.05) is 39.8 Å². The molecule has 0 radical (unpaired) electrons. The molecule has 6 rings (SSSR count). The molecule has 1 aromatic heterocycles. The molecule has 3 heterocycles. The van der Waals surface area contributed by atoms with Gasteiger partial charge in [-0.15, -0.1) is 0 Å². The first-order chi connectivity index (χ1) is 19.9. The van der Waals surface area contributed by atoms with Crippen LogP contribution in [0.3, 0.4) is 0 Å². The standard InChI is InChI=1S/C33H45N5O3/c1-23-20-38(21-24(2)40-23)33(15-5-4-6-16-33)22-34-32(39)26-9-12-30-29(19-26)31(36-35-30)25-7-10-27(11-8-25)41-28-13-17-37(3)18-14-28/h7-12,19,23-24,28H,4-6,13-18,20-22H2,1-3H3,(H,34,39)(H,35,36). The van der Waals surface area contributed by atoms with Gasteiger partial charge in [0.2, 0.25) is 0 Å². The lowest BCUT2D eigenvalue weighted by atomic mass is 9.79. The van der Waals surface area contributed by atoms with Crippen molar-refractivity contribution in [3.8, 4) is 17.0 Å². The Morgan fingerprint density at radius 1 is 1.05 bits per heavy atom. The maximum absolute atomic E-state index is 13.5. The number of benzene rings is 2. The van der Waals surface area contributed by atoms with Crippen LogP contribution in [-0.4, -0.2) is 89.5 Å². The molecule has 1 saturated carbocycles. The number of ether oxygens (including phenoxy) is 2. The fourth-order valence-corrected chi connectivity index (χ4v) is 7.09. The van der Waals surface area contributed by atoms with Crippen molar-refractivity contribution >= 4 is 16.8 Å². The third-order valence-electron chi connectivity index (χ3n) is 9.37. The van der Waals surface area contributed by atoms with E-state index in [0.717, 1.165) is 79.8 Å². The molecule has 1 amide bonds. The van der Waals surface area contributed by atoms with E-state index in [2.05, 4.69) is 58.3 Å². The Kier molecular flexibility index (Phi) is 8.33. The van der Waals surface area contributed by atoms with E-state index in [0.29, 0.717) is 12.1 Å². The van der Waals surface area contributed by atoms with Crippen molar-refractivity contribution < 1.29 is 14.3 Å². The third-order valence-corrected chi connectivity index (χ3v) is 9.37. The van der Waals surface area contributed by atoms with Crippen LogP contribution in [0, 0.1) is 0 Å². The van der Waals surface area contributed by atoms with Gasteiger partial charge in [0.15, 0.2) is 0 Å². The van der Waals surface area contributed by atoms with Gasteiger partial charge in [0.25, 0.3) is 5.91 Å². The van der Waals surface area contributed by atoms with Crippen LogP contribution in [0.2, 0.25) is 0 Å². The molecule has 8 nitrogen and oxygen atoms in total. The lowest BCUT2D eigenvalue weighted by Gasteiger charge is -2.50. The molecular formula is C33H45N5O3. The summed E-state index contributed by atoms with van der Waals surface area (Å²) in [6, 6.07) is 14.0. The molecule has 41 heavy (non-hydrogen) atoms. The largest absolute Gasteiger partial charge is 0.490 e. The highest BCUT2D eigenvalue weighted by molar-refractivity contribution is 6.01. The van der Waals surface area contributed by atoms with Crippen molar-refractivity contribution in [3.63, 3.8) is 0 Å². The number of H-pyrrole nitrogens is 1. The van der Waals surface area contributed by atoms with Crippen LogP contribution < -0.4 is 10.1 Å². The van der Waals surface area contributed by atoms with Gasteiger partial charge in [0.05, 0.1) is 23.4 Å². The van der Waals surface area contributed by atoms with Gasteiger partial charge in [0, 0.05) is 54.8 Å². The second-order valence-electron chi connectivity index (χ2n) is 12.6. The number of morpholine rings is 1. The maximum atomic E-state index is 13.5. The Morgan fingerprint density at radius 2 is 1.76 bits per heavy atom. The zero-order valence-electron chi connectivity index (χ0n) is 24.8. The van der Waals surface area contributed by atoms with Crippen LogP contribution in [0.25, 0.3) is 22.2 Å². The maximum Gasteiger partial charge on any atom is 0.251 e. The van der Waals surface area contributed by atoms with Crippen molar-refractivity contribution in [2.24, 2.45) is 0 Å². The highest BCUT2D eigenvalue weighted by Crippen LogP contribution is 2.36. The van der Waals surface area contributed by atoms with Crippen molar-refractivity contribution in [2.45, 2.75) is 82.6 Å². The number of nitrogens with zero attached hydrogens (tertiary/aromatic N) is 3. The SMILES string of the molecule is CC1CN(C2(CNC(=O)c3ccc4[nH]nc(-c5ccc(OC6CCN(C)CC6)cc5)c4c3)CCCCC2)CC(C)O1. The van der Waals surface area contributed by atoms with Gasteiger partial charge < -0.3 is 19.7 Å². The number of fused-ring (bicyclic) bond motifs is 1. The molecule has 3 fully saturated rings. The van der Waals surface area contributed by atoms with Crippen molar-refractivity contribution in [3.05, 3.63) is 48.0 Å². The number of aromatic amines is 1. The second-order valence-corrected chi connectivity index (χ2v) is 12.6. The number of carbonyl (C=O) groups is 1. The second kappa shape index (κ2) is 12.1. The number of aromatic nitrogens is 2. The Bertz CT molecular complexity index is 1310. The first kappa shape index (κ1) is 28.2. The highest BCUT2D eigenvalue weighted by Gasteiger charge is 2.41. The predicted molar refractivity (Wildman–Crippen MR) is 162 cm³/mol. The number of amides is 1. The van der Waals surface area contributed by atoms with Gasteiger partial charge >= 0.3 is 0 Å². The summed E-state index contributed by atoms with van der Waals surface area (Å²) < 4.78 is 12.3. The Morgan fingerprint density at radius 3 is 2.46 bits per heavy atom. The van der Waals surface area contributed by atoms with Gasteiger partial charge in [-0.1, -0.05) is 19.3 Å². The first-order valence-corrected chi connectivity index (χ1v) is 15.5. The summed E-state index contributed by atoms with van der Waals surface area (Å²) in [6.07, 6.45) is 8.74. The fraction of sp³-hybridized carbons (Fsp3) is 0.576. The lowest BCUT2D eigenvalue weighted by molar-refractivity contribution is -0.109. The number of hydrogen-bond donors (Lipinski definition) is 2. The lowest BCUT2D eigenvalue weighted by Crippen LogP contribution is -2.62. The van der Waals surface area contributed by atoms with Crippen LogP contribution in [0.5, 0.6) is 5.75 Å². The zero-order valence-corrected chi connectivity index (χ0v) is 24.8. The predicted octanol–water partition coefficient (Wildman–Crippen LogP) is 5.24. The molecule has 2 aliphatic heterocycles. The summed E-state index contributed by atoms with van der Waals surface area (Å²) in [4.78, 5) is 18.5. The molecule has 2 aromatic carbocycles. The topological polar surface area (TPSA) is 82.7 Å². The molecule has 220 valence electrons. The Hall–Kier alpha value is -2.94. The number of hydrogen-bond acceptors (Lipinski definition) is 6. The molecule has 2 atom stereocenters. The normalized spacial score (nSPS) is 24.4. The van der Waals surface area contributed by atoms with Gasteiger partial charge in [0.1, 0.15) is 11.9 Å². The van der Waals surface area contributed by atoms with Crippen LogP contribution in [0.4, 0.5) is 0 Å². The molecule has 3 aromatic rings. The summed E-state index contributed by atoms with van der Waals surface area (Å²) in [5.74, 6) is 0.865. The monoisotopic (exact) mass is 559 g/mol. The van der Waals surface area contributed by atoms with E-state index in [-0.39, 0.29) is 29.8 Å². The minimum atomic E-state index is -0.0276. The Labute approximate surface area is 243 Å². The summed E-state index contributed by atoms with van der Waals surface area (Å²) in [5.41, 5.74) is 3.43. The van der Waals surface area contributed by atoms with E-state index in [4.69, 9.17) is 9.47 Å². The van der Waals surface area contributed by atoms with E-state index in [1.165, 1.54) is 19.3 Å². The molecule has 8 heteroatoms. The summed E-state index contributed by atoms with van der Waals surface area (Å²) in [6.45, 7) is 8.98. The van der Waals surface area contributed by atoms with Crippen molar-refractivity contribution in [1.29, 1.82) is 0 Å². The molecule has 0 bridgehead atoms. The number of carbonyl (C=O) groups excluding carboxylic acids is 1. The minimum absolute atomic E-state index is 0.00246. The van der Waals surface area contributed by atoms with Gasteiger partial charge in [-0.25, -0.2) is 0 Å². The molecule has 2 saturated heterocycles. The van der Waals surface area contributed by atoms with Crippen LogP contribution in [-0.2, 0) is 4.74 Å². The van der Waals surface area contributed by atoms with Gasteiger partial charge in [-0.2, -0.15) is 5.10 Å². The summed E-state index contributed by atoms with van der Waals surface area (Å²) in [7, 11) is 2.16. The van der Waals surface area contributed by atoms with Gasteiger partial charge in [-0.05, 0) is 89.0 Å². The number of piperidine rings is 1. The quantitative estimate of drug-likeness (QED) is 0.412. The van der Waals surface area contributed by atoms with E-state index >= 15 is 0 Å². The molecule has 2 unspecified atom stereocenters. The van der Waals surface area contributed by atoms with Crippen LogP contribution in [0.15, 0.2) is 42.5 Å². The first-order valence-electron chi connectivity index (χ1n) is 15.5. The molecule has 3 aliphatic rings.